The van der Waals surface area contributed by atoms with E-state index in [1.807, 2.05) is 19.0 Å². The van der Waals surface area contributed by atoms with Crippen LogP contribution in [0.4, 0.5) is 24.8 Å². The fraction of sp³-hybridized carbons (Fsp3) is 0.312. The number of halogens is 3. The highest BCUT2D eigenvalue weighted by Crippen LogP contribution is 2.21. The molecule has 6 nitrogen and oxygen atoms in total. The van der Waals surface area contributed by atoms with Gasteiger partial charge >= 0.3 is 0 Å². The number of carbonyl (C=O) groups excluding carboxylic acids is 1. The van der Waals surface area contributed by atoms with Crippen molar-refractivity contribution in [2.24, 2.45) is 0 Å². The second kappa shape index (κ2) is 8.43. The first kappa shape index (κ1) is 18.7. The molecule has 2 rings (SSSR count). The van der Waals surface area contributed by atoms with Crippen molar-refractivity contribution < 1.29 is 18.0 Å². The Morgan fingerprint density at radius 3 is 2.64 bits per heavy atom. The van der Waals surface area contributed by atoms with Crippen molar-refractivity contribution in [3.05, 3.63) is 47.5 Å². The number of rotatable bonds is 7. The van der Waals surface area contributed by atoms with Gasteiger partial charge in [0, 0.05) is 12.7 Å². The number of carbonyl (C=O) groups is 1. The number of benzene rings is 1. The van der Waals surface area contributed by atoms with Crippen molar-refractivity contribution in [1.82, 2.24) is 20.2 Å². The Kier molecular flexibility index (Phi) is 6.29. The quantitative estimate of drug-likeness (QED) is 0.591. The van der Waals surface area contributed by atoms with E-state index in [1.165, 1.54) is 12.3 Å². The number of aromatic nitrogens is 2. The summed E-state index contributed by atoms with van der Waals surface area (Å²) in [6.45, 7) is 1.30. The summed E-state index contributed by atoms with van der Waals surface area (Å²) in [5.41, 5.74) is -0.257. The highest BCUT2D eigenvalue weighted by Gasteiger charge is 2.15. The topological polar surface area (TPSA) is 70.2 Å². The Labute approximate surface area is 143 Å². The van der Waals surface area contributed by atoms with Crippen molar-refractivity contribution in [1.29, 1.82) is 0 Å². The van der Waals surface area contributed by atoms with Crippen molar-refractivity contribution in [3.8, 4) is 0 Å². The van der Waals surface area contributed by atoms with E-state index in [4.69, 9.17) is 0 Å². The molecule has 9 heteroatoms. The molecular weight excluding hydrogens is 335 g/mol. The SMILES string of the molecule is CN(C)CCCNC(=O)c1ccnc(Nc2ccc(F)c(F)c2F)n1. The molecule has 0 aliphatic rings. The fourth-order valence-electron chi connectivity index (χ4n) is 1.98. The predicted octanol–water partition coefficient (Wildman–Crippen LogP) is 2.32. The van der Waals surface area contributed by atoms with E-state index in [0.29, 0.717) is 6.54 Å². The molecule has 1 aromatic carbocycles. The fourth-order valence-corrected chi connectivity index (χ4v) is 1.98. The normalized spacial score (nSPS) is 10.8. The van der Waals surface area contributed by atoms with E-state index in [-0.39, 0.29) is 17.3 Å². The molecule has 1 heterocycles. The Balaban J connectivity index is 2.04. The van der Waals surface area contributed by atoms with Gasteiger partial charge in [0.15, 0.2) is 17.5 Å². The van der Waals surface area contributed by atoms with Crippen LogP contribution in [0.25, 0.3) is 0 Å². The first-order chi connectivity index (χ1) is 11.9. The molecular formula is C16H18F3N5O. The summed E-state index contributed by atoms with van der Waals surface area (Å²) < 4.78 is 39.8. The summed E-state index contributed by atoms with van der Waals surface area (Å²) in [6.07, 6.45) is 2.08. The van der Waals surface area contributed by atoms with Crippen LogP contribution in [0.1, 0.15) is 16.9 Å². The molecule has 1 aromatic heterocycles. The molecule has 0 spiro atoms. The molecule has 0 bridgehead atoms. The van der Waals surface area contributed by atoms with Crippen molar-refractivity contribution in [2.45, 2.75) is 6.42 Å². The van der Waals surface area contributed by atoms with Crippen LogP contribution in [0.15, 0.2) is 24.4 Å². The van der Waals surface area contributed by atoms with Crippen LogP contribution < -0.4 is 10.6 Å². The minimum Gasteiger partial charge on any atom is -0.351 e. The zero-order valence-electron chi connectivity index (χ0n) is 13.8. The number of nitrogens with zero attached hydrogens (tertiary/aromatic N) is 3. The molecule has 0 atom stereocenters. The minimum atomic E-state index is -1.60. The molecule has 25 heavy (non-hydrogen) atoms. The molecule has 2 N–H and O–H groups in total. The van der Waals surface area contributed by atoms with E-state index in [9.17, 15) is 18.0 Å². The van der Waals surface area contributed by atoms with Gasteiger partial charge in [-0.05, 0) is 45.3 Å². The lowest BCUT2D eigenvalue weighted by molar-refractivity contribution is 0.0947. The Morgan fingerprint density at radius 1 is 1.16 bits per heavy atom. The highest BCUT2D eigenvalue weighted by molar-refractivity contribution is 5.92. The number of amides is 1. The third-order valence-electron chi connectivity index (χ3n) is 3.24. The third kappa shape index (κ3) is 5.15. The highest BCUT2D eigenvalue weighted by atomic mass is 19.2. The average molecular weight is 353 g/mol. The predicted molar refractivity (Wildman–Crippen MR) is 87.1 cm³/mol. The lowest BCUT2D eigenvalue weighted by Gasteiger charge is -2.10. The van der Waals surface area contributed by atoms with E-state index < -0.39 is 23.4 Å². The zero-order valence-corrected chi connectivity index (χ0v) is 13.8. The van der Waals surface area contributed by atoms with Gasteiger partial charge in [0.25, 0.3) is 5.91 Å². The Morgan fingerprint density at radius 2 is 1.92 bits per heavy atom. The molecule has 0 saturated carbocycles. The van der Waals surface area contributed by atoms with Crippen LogP contribution in [0, 0.1) is 17.5 Å². The molecule has 0 unspecified atom stereocenters. The summed E-state index contributed by atoms with van der Waals surface area (Å²) in [5, 5.41) is 5.13. The van der Waals surface area contributed by atoms with E-state index in [1.54, 1.807) is 0 Å². The molecule has 1 amide bonds. The summed E-state index contributed by atoms with van der Waals surface area (Å²) in [6, 6.07) is 3.20. The van der Waals surface area contributed by atoms with Crippen LogP contribution >= 0.6 is 0 Å². The van der Waals surface area contributed by atoms with Gasteiger partial charge < -0.3 is 15.5 Å². The second-order valence-corrected chi connectivity index (χ2v) is 5.53. The van der Waals surface area contributed by atoms with Gasteiger partial charge in [-0.3, -0.25) is 4.79 Å². The summed E-state index contributed by atoms with van der Waals surface area (Å²) >= 11 is 0. The van der Waals surface area contributed by atoms with Crippen molar-refractivity contribution >= 4 is 17.5 Å². The lowest BCUT2D eigenvalue weighted by Crippen LogP contribution is -2.28. The van der Waals surface area contributed by atoms with E-state index in [0.717, 1.165) is 25.1 Å². The zero-order chi connectivity index (χ0) is 18.4. The first-order valence-electron chi connectivity index (χ1n) is 7.55. The molecule has 0 aliphatic carbocycles. The molecule has 0 aliphatic heterocycles. The molecule has 2 aromatic rings. The van der Waals surface area contributed by atoms with Gasteiger partial charge in [0.2, 0.25) is 5.95 Å². The molecule has 0 radical (unpaired) electrons. The van der Waals surface area contributed by atoms with Gasteiger partial charge in [-0.2, -0.15) is 0 Å². The van der Waals surface area contributed by atoms with Crippen LogP contribution in [-0.2, 0) is 0 Å². The van der Waals surface area contributed by atoms with Gasteiger partial charge in [0.1, 0.15) is 5.69 Å². The molecule has 0 fully saturated rings. The van der Waals surface area contributed by atoms with Gasteiger partial charge in [0.05, 0.1) is 5.69 Å². The Hall–Kier alpha value is -2.68. The maximum Gasteiger partial charge on any atom is 0.270 e. The second-order valence-electron chi connectivity index (χ2n) is 5.53. The Bertz CT molecular complexity index is 755. The summed E-state index contributed by atoms with van der Waals surface area (Å²) in [4.78, 5) is 21.8. The van der Waals surface area contributed by atoms with E-state index in [2.05, 4.69) is 20.6 Å². The number of nitrogens with one attached hydrogen (secondary N) is 2. The van der Waals surface area contributed by atoms with Gasteiger partial charge in [-0.15, -0.1) is 0 Å². The molecule has 134 valence electrons. The lowest BCUT2D eigenvalue weighted by atomic mass is 10.3. The van der Waals surface area contributed by atoms with Gasteiger partial charge in [-0.25, -0.2) is 23.1 Å². The summed E-state index contributed by atoms with van der Waals surface area (Å²) in [5.74, 6) is -4.79. The van der Waals surface area contributed by atoms with Crippen LogP contribution in [-0.4, -0.2) is 48.0 Å². The standard InChI is InChI=1S/C16H18F3N5O/c1-24(2)9-3-7-20-15(25)12-6-8-21-16(23-12)22-11-5-4-10(17)13(18)14(11)19/h4-6,8H,3,7,9H2,1-2H3,(H,20,25)(H,21,22,23). The largest absolute Gasteiger partial charge is 0.351 e. The maximum atomic E-state index is 13.7. The third-order valence-corrected chi connectivity index (χ3v) is 3.24. The number of hydrogen-bond acceptors (Lipinski definition) is 5. The van der Waals surface area contributed by atoms with Crippen molar-refractivity contribution in [2.75, 3.05) is 32.5 Å². The average Bonchev–Trinajstić information content (AvgIpc) is 2.59. The number of anilines is 2. The van der Waals surface area contributed by atoms with Crippen molar-refractivity contribution in [3.63, 3.8) is 0 Å². The van der Waals surface area contributed by atoms with Gasteiger partial charge in [-0.1, -0.05) is 0 Å². The monoisotopic (exact) mass is 353 g/mol. The maximum absolute atomic E-state index is 13.7. The van der Waals surface area contributed by atoms with E-state index >= 15 is 0 Å². The number of hydrogen-bond donors (Lipinski definition) is 2. The first-order valence-corrected chi connectivity index (χ1v) is 7.55. The van der Waals surface area contributed by atoms with Crippen LogP contribution in [0.3, 0.4) is 0 Å². The van der Waals surface area contributed by atoms with Crippen LogP contribution in [0.2, 0.25) is 0 Å². The smallest absolute Gasteiger partial charge is 0.270 e. The minimum absolute atomic E-state index is 0.0744. The van der Waals surface area contributed by atoms with Crippen LogP contribution in [0.5, 0.6) is 0 Å². The molecule has 0 saturated heterocycles. The summed E-state index contributed by atoms with van der Waals surface area (Å²) in [7, 11) is 3.86.